The molecule has 0 saturated carbocycles. The SMILES string of the molecule is [N-]=[N+]=C(c1ccc([N+](=O)[O-])cc1)c1ccc([N+](=O)[O-])cc1. The molecule has 0 saturated heterocycles. The molecule has 0 heterocycles. The number of hydrogen-bond acceptors (Lipinski definition) is 4. The van der Waals surface area contributed by atoms with E-state index in [0.717, 1.165) is 0 Å². The molecular weight excluding hydrogens is 276 g/mol. The van der Waals surface area contributed by atoms with E-state index in [0.29, 0.717) is 11.1 Å². The second-order valence-electron chi connectivity index (χ2n) is 4.06. The van der Waals surface area contributed by atoms with E-state index in [4.69, 9.17) is 5.53 Å². The lowest BCUT2D eigenvalue weighted by atomic mass is 10.0. The number of rotatable bonds is 4. The highest BCUT2D eigenvalue weighted by Crippen LogP contribution is 2.17. The van der Waals surface area contributed by atoms with E-state index in [9.17, 15) is 20.2 Å². The zero-order valence-electron chi connectivity index (χ0n) is 10.5. The van der Waals surface area contributed by atoms with Crippen LogP contribution < -0.4 is 0 Å². The highest BCUT2D eigenvalue weighted by atomic mass is 16.6. The third-order valence-electron chi connectivity index (χ3n) is 2.80. The molecule has 0 atom stereocenters. The van der Waals surface area contributed by atoms with E-state index in [1.54, 1.807) is 0 Å². The molecule has 2 aromatic carbocycles. The predicted molar refractivity (Wildman–Crippen MR) is 73.0 cm³/mol. The largest absolute Gasteiger partial charge is 0.361 e. The van der Waals surface area contributed by atoms with Gasteiger partial charge in [0.15, 0.2) is 0 Å². The van der Waals surface area contributed by atoms with Crippen LogP contribution in [-0.2, 0) is 0 Å². The van der Waals surface area contributed by atoms with Crippen LogP contribution in [0.1, 0.15) is 11.1 Å². The van der Waals surface area contributed by atoms with Gasteiger partial charge in [-0.05, 0) is 24.3 Å². The third-order valence-corrected chi connectivity index (χ3v) is 2.80. The average molecular weight is 284 g/mol. The number of nitrogens with zero attached hydrogens (tertiary/aromatic N) is 4. The van der Waals surface area contributed by atoms with E-state index >= 15 is 0 Å². The molecule has 8 nitrogen and oxygen atoms in total. The van der Waals surface area contributed by atoms with E-state index in [1.807, 2.05) is 0 Å². The number of hydrogen-bond donors (Lipinski definition) is 0. The zero-order chi connectivity index (χ0) is 15.4. The summed E-state index contributed by atoms with van der Waals surface area (Å²) in [6.45, 7) is 0. The van der Waals surface area contributed by atoms with E-state index in [-0.39, 0.29) is 17.1 Å². The van der Waals surface area contributed by atoms with E-state index in [2.05, 4.69) is 4.79 Å². The van der Waals surface area contributed by atoms with Crippen molar-refractivity contribution in [3.8, 4) is 0 Å². The van der Waals surface area contributed by atoms with Crippen LogP contribution in [0.5, 0.6) is 0 Å². The topological polar surface area (TPSA) is 123 Å². The fraction of sp³-hybridized carbons (Fsp3) is 0. The molecule has 0 spiro atoms. The van der Waals surface area contributed by atoms with Crippen LogP contribution in [0.15, 0.2) is 48.5 Å². The quantitative estimate of drug-likeness (QED) is 0.281. The van der Waals surface area contributed by atoms with E-state index < -0.39 is 9.85 Å². The Bertz CT molecular complexity index is 687. The summed E-state index contributed by atoms with van der Waals surface area (Å²) < 4.78 is 0. The Morgan fingerprint density at radius 3 is 1.38 bits per heavy atom. The first kappa shape index (κ1) is 14.0. The summed E-state index contributed by atoms with van der Waals surface area (Å²) in [5, 5.41) is 21.2. The van der Waals surface area contributed by atoms with Gasteiger partial charge in [0.25, 0.3) is 11.4 Å². The zero-order valence-corrected chi connectivity index (χ0v) is 10.5. The van der Waals surface area contributed by atoms with Crippen LogP contribution in [0.25, 0.3) is 5.53 Å². The van der Waals surface area contributed by atoms with Gasteiger partial charge in [0.05, 0.1) is 21.0 Å². The van der Waals surface area contributed by atoms with Crippen LogP contribution in [0.4, 0.5) is 11.4 Å². The highest BCUT2D eigenvalue weighted by Gasteiger charge is 2.18. The third kappa shape index (κ3) is 2.96. The van der Waals surface area contributed by atoms with E-state index in [1.165, 1.54) is 48.5 Å². The molecule has 0 aromatic heterocycles. The van der Waals surface area contributed by atoms with Crippen LogP contribution in [0, 0.1) is 20.2 Å². The predicted octanol–water partition coefficient (Wildman–Crippen LogP) is 2.57. The Labute approximate surface area is 118 Å². The summed E-state index contributed by atoms with van der Waals surface area (Å²) >= 11 is 0. The van der Waals surface area contributed by atoms with Crippen LogP contribution in [0.2, 0.25) is 0 Å². The molecule has 2 aromatic rings. The first-order valence-corrected chi connectivity index (χ1v) is 5.74. The van der Waals surface area contributed by atoms with Crippen molar-refractivity contribution < 1.29 is 14.6 Å². The van der Waals surface area contributed by atoms with Gasteiger partial charge in [-0.25, -0.2) is 0 Å². The lowest BCUT2D eigenvalue weighted by Crippen LogP contribution is -2.04. The van der Waals surface area contributed by atoms with Crippen molar-refractivity contribution in [1.29, 1.82) is 0 Å². The van der Waals surface area contributed by atoms with Crippen molar-refractivity contribution >= 4 is 17.1 Å². The molecule has 0 aliphatic heterocycles. The van der Waals surface area contributed by atoms with Gasteiger partial charge in [0.1, 0.15) is 0 Å². The monoisotopic (exact) mass is 284 g/mol. The molecule has 0 aliphatic rings. The molecule has 2 rings (SSSR count). The van der Waals surface area contributed by atoms with Gasteiger partial charge in [-0.1, -0.05) is 0 Å². The van der Waals surface area contributed by atoms with Crippen molar-refractivity contribution in [1.82, 2.24) is 0 Å². The Morgan fingerprint density at radius 1 is 0.810 bits per heavy atom. The van der Waals surface area contributed by atoms with Gasteiger partial charge in [0, 0.05) is 24.3 Å². The minimum absolute atomic E-state index is 0.0836. The molecule has 0 fully saturated rings. The fourth-order valence-corrected chi connectivity index (χ4v) is 1.76. The molecule has 0 radical (unpaired) electrons. The van der Waals surface area contributed by atoms with Crippen molar-refractivity contribution in [3.05, 3.63) is 85.4 Å². The van der Waals surface area contributed by atoms with Crippen molar-refractivity contribution in [2.45, 2.75) is 0 Å². The van der Waals surface area contributed by atoms with Gasteiger partial charge >= 0.3 is 5.71 Å². The molecule has 0 N–H and O–H groups in total. The molecule has 8 heteroatoms. The minimum atomic E-state index is -0.536. The van der Waals surface area contributed by atoms with Gasteiger partial charge in [-0.3, -0.25) is 20.2 Å². The Morgan fingerprint density at radius 2 is 1.14 bits per heavy atom. The standard InChI is InChI=1S/C13H8N4O4/c14-15-13(9-1-5-11(6-2-9)16(18)19)10-3-7-12(8-4-10)17(20)21/h1-8H. The van der Waals surface area contributed by atoms with Gasteiger partial charge in [-0.15, -0.1) is 0 Å². The summed E-state index contributed by atoms with van der Waals surface area (Å²) in [5.74, 6) is 0. The highest BCUT2D eigenvalue weighted by molar-refractivity contribution is 6.09. The molecule has 0 bridgehead atoms. The van der Waals surface area contributed by atoms with Gasteiger partial charge < -0.3 is 5.53 Å². The Hall–Kier alpha value is -3.38. The molecule has 0 unspecified atom stereocenters. The summed E-state index contributed by atoms with van der Waals surface area (Å²) in [4.78, 5) is 23.3. The summed E-state index contributed by atoms with van der Waals surface area (Å²) in [7, 11) is 0. The normalized spacial score (nSPS) is 9.71. The second kappa shape index (κ2) is 5.72. The maximum absolute atomic E-state index is 10.6. The Kier molecular flexibility index (Phi) is 3.83. The average Bonchev–Trinajstić information content (AvgIpc) is 2.49. The summed E-state index contributed by atoms with van der Waals surface area (Å²) in [5.41, 5.74) is 10.0. The van der Waals surface area contributed by atoms with Crippen molar-refractivity contribution in [2.75, 3.05) is 0 Å². The molecule has 104 valence electrons. The van der Waals surface area contributed by atoms with Crippen molar-refractivity contribution in [3.63, 3.8) is 0 Å². The first-order chi connectivity index (χ1) is 10.0. The van der Waals surface area contributed by atoms with Crippen LogP contribution in [0.3, 0.4) is 0 Å². The van der Waals surface area contributed by atoms with Gasteiger partial charge in [0.2, 0.25) is 0 Å². The number of non-ortho nitro benzene ring substituents is 2. The molecule has 21 heavy (non-hydrogen) atoms. The summed E-state index contributed by atoms with van der Waals surface area (Å²) in [6, 6.07) is 10.9. The number of benzene rings is 2. The minimum Gasteiger partial charge on any atom is -0.361 e. The number of nitro groups is 2. The maximum Gasteiger partial charge on any atom is 0.329 e. The fourth-order valence-electron chi connectivity index (χ4n) is 1.76. The van der Waals surface area contributed by atoms with Gasteiger partial charge in [-0.2, -0.15) is 4.79 Å². The molecular formula is C13H8N4O4. The lowest BCUT2D eigenvalue weighted by Gasteiger charge is -1.98. The van der Waals surface area contributed by atoms with Crippen LogP contribution >= 0.6 is 0 Å². The van der Waals surface area contributed by atoms with Crippen LogP contribution in [-0.4, -0.2) is 20.3 Å². The lowest BCUT2D eigenvalue weighted by molar-refractivity contribution is -0.385. The Balaban J connectivity index is 2.38. The maximum atomic E-state index is 10.6. The first-order valence-electron chi connectivity index (χ1n) is 5.74. The summed E-state index contributed by atoms with van der Waals surface area (Å²) in [6.07, 6.45) is 0. The second-order valence-corrected chi connectivity index (χ2v) is 4.06. The number of nitro benzene ring substituents is 2. The smallest absolute Gasteiger partial charge is 0.329 e. The molecule has 0 amide bonds. The van der Waals surface area contributed by atoms with Crippen molar-refractivity contribution in [2.24, 2.45) is 0 Å². The molecule has 0 aliphatic carbocycles.